The van der Waals surface area contributed by atoms with Crippen LogP contribution in [0.1, 0.15) is 76.2 Å². The van der Waals surface area contributed by atoms with Gasteiger partial charge in [-0.05, 0) is 99.8 Å². The molecule has 5 heterocycles. The van der Waals surface area contributed by atoms with Gasteiger partial charge in [-0.25, -0.2) is 8.78 Å². The summed E-state index contributed by atoms with van der Waals surface area (Å²) in [7, 11) is 0. The zero-order chi connectivity index (χ0) is 36.2. The normalized spacial score (nSPS) is 26.2. The Morgan fingerprint density at radius 1 is 0.943 bits per heavy atom. The lowest BCUT2D eigenvalue weighted by atomic mass is 9.74. The molecule has 9 rings (SSSR count). The predicted octanol–water partition coefficient (Wildman–Crippen LogP) is 7.40. The van der Waals surface area contributed by atoms with Crippen molar-refractivity contribution in [3.05, 3.63) is 47.7 Å². The third-order valence-electron chi connectivity index (χ3n) is 13.2. The fourth-order valence-electron chi connectivity index (χ4n) is 10.5. The second kappa shape index (κ2) is 13.9. The van der Waals surface area contributed by atoms with Crippen molar-refractivity contribution in [1.29, 1.82) is 0 Å². The number of ether oxygens (including phenoxy) is 3. The zero-order valence-electron chi connectivity index (χ0n) is 30.2. The largest absolute Gasteiger partial charge is 0.508 e. The molecule has 2 aliphatic carbocycles. The van der Waals surface area contributed by atoms with Gasteiger partial charge in [0, 0.05) is 67.6 Å². The van der Waals surface area contributed by atoms with Gasteiger partial charge in [0.1, 0.15) is 28.6 Å². The van der Waals surface area contributed by atoms with Crippen molar-refractivity contribution < 1.29 is 28.1 Å². The molecule has 5 fully saturated rings. The third-order valence-corrected chi connectivity index (χ3v) is 13.2. The molecule has 0 radical (unpaired) electrons. The Kier molecular flexibility index (Phi) is 9.12. The van der Waals surface area contributed by atoms with E-state index in [9.17, 15) is 9.50 Å². The number of nitrogens with zero attached hydrogens (tertiary/aromatic N) is 5. The van der Waals surface area contributed by atoms with Gasteiger partial charge in [0.2, 0.25) is 0 Å². The SMILES string of the molecule is C#Cc1c(F)ccc2cc(O)cc(-c3ncc4c(N5CCCOCC5)nc(OC[C@]56CCCC5N(C5CCC7(CCOCC7)C5)CCC6)nc4c3F)c12. The van der Waals surface area contributed by atoms with Crippen molar-refractivity contribution in [2.45, 2.75) is 82.7 Å². The molecule has 1 spiro atoms. The van der Waals surface area contributed by atoms with Gasteiger partial charge in [-0.1, -0.05) is 18.4 Å². The van der Waals surface area contributed by atoms with Gasteiger partial charge in [0.15, 0.2) is 5.82 Å². The Balaban J connectivity index is 1.08. The van der Waals surface area contributed by atoms with Gasteiger partial charge in [-0.3, -0.25) is 9.88 Å². The van der Waals surface area contributed by atoms with Crippen LogP contribution in [0.4, 0.5) is 14.6 Å². The molecule has 11 heteroatoms. The quantitative estimate of drug-likeness (QED) is 0.204. The summed E-state index contributed by atoms with van der Waals surface area (Å²) in [5.74, 6) is 1.51. The first-order chi connectivity index (χ1) is 25.9. The molecule has 0 bridgehead atoms. The molecule has 2 unspecified atom stereocenters. The number of hydrogen-bond donors (Lipinski definition) is 1. The molecule has 2 saturated carbocycles. The molecule has 2 aromatic carbocycles. The van der Waals surface area contributed by atoms with Crippen molar-refractivity contribution in [3.8, 4) is 35.4 Å². The number of terminal acetylenes is 1. The van der Waals surface area contributed by atoms with Gasteiger partial charge >= 0.3 is 6.01 Å². The minimum Gasteiger partial charge on any atom is -0.508 e. The fourth-order valence-corrected chi connectivity index (χ4v) is 10.5. The van der Waals surface area contributed by atoms with Crippen molar-refractivity contribution in [2.24, 2.45) is 10.8 Å². The van der Waals surface area contributed by atoms with Crippen LogP contribution in [-0.2, 0) is 9.47 Å². The zero-order valence-corrected chi connectivity index (χ0v) is 30.2. The van der Waals surface area contributed by atoms with Crippen LogP contribution >= 0.6 is 0 Å². The minimum absolute atomic E-state index is 0.0171. The van der Waals surface area contributed by atoms with E-state index in [1.807, 2.05) is 0 Å². The average molecular weight is 724 g/mol. The highest BCUT2D eigenvalue weighted by Gasteiger charge is 2.52. The first-order valence-electron chi connectivity index (χ1n) is 19.4. The summed E-state index contributed by atoms with van der Waals surface area (Å²) < 4.78 is 50.2. The molecule has 3 aliphatic heterocycles. The fraction of sp³-hybridized carbons (Fsp3) is 0.548. The number of aromatic hydroxyl groups is 1. The lowest BCUT2D eigenvalue weighted by Gasteiger charge is -2.49. The molecule has 1 N–H and O–H groups in total. The molecular weight excluding hydrogens is 676 g/mol. The third kappa shape index (κ3) is 6.17. The number of anilines is 1. The Morgan fingerprint density at radius 2 is 1.79 bits per heavy atom. The molecule has 0 amide bonds. The molecule has 5 aliphatic rings. The number of aromatic nitrogens is 3. The van der Waals surface area contributed by atoms with Crippen LogP contribution in [-0.4, -0.2) is 89.7 Å². The van der Waals surface area contributed by atoms with E-state index in [2.05, 4.69) is 20.7 Å². The highest BCUT2D eigenvalue weighted by molar-refractivity contribution is 6.03. The van der Waals surface area contributed by atoms with Crippen molar-refractivity contribution in [1.82, 2.24) is 19.9 Å². The second-order valence-electron chi connectivity index (χ2n) is 16.0. The number of pyridine rings is 1. The number of fused-ring (bicyclic) bond motifs is 3. The Bertz CT molecular complexity index is 2070. The summed E-state index contributed by atoms with van der Waals surface area (Å²) in [4.78, 5) is 19.2. The number of halogens is 2. The van der Waals surface area contributed by atoms with E-state index >= 15 is 4.39 Å². The number of phenolic OH excluding ortho intramolecular Hbond substituents is 1. The number of rotatable bonds is 6. The Hall–Kier alpha value is -4.11. The van der Waals surface area contributed by atoms with E-state index < -0.39 is 11.6 Å². The first-order valence-corrected chi connectivity index (χ1v) is 19.4. The molecule has 278 valence electrons. The molecule has 3 atom stereocenters. The first kappa shape index (κ1) is 34.6. The topological polar surface area (TPSA) is 93.1 Å². The van der Waals surface area contributed by atoms with Crippen LogP contribution in [0.5, 0.6) is 11.8 Å². The lowest BCUT2D eigenvalue weighted by Crippen LogP contribution is -2.55. The smallest absolute Gasteiger partial charge is 0.319 e. The summed E-state index contributed by atoms with van der Waals surface area (Å²) in [5.41, 5.74) is 0.535. The number of likely N-dealkylation sites (tertiary alicyclic amines) is 1. The van der Waals surface area contributed by atoms with E-state index in [-0.39, 0.29) is 39.5 Å². The average Bonchev–Trinajstić information content (AvgIpc) is 3.68. The minimum atomic E-state index is -0.717. The van der Waals surface area contributed by atoms with E-state index in [1.54, 1.807) is 6.20 Å². The summed E-state index contributed by atoms with van der Waals surface area (Å²) >= 11 is 0. The predicted molar refractivity (Wildman–Crippen MR) is 199 cm³/mol. The van der Waals surface area contributed by atoms with E-state index in [1.165, 1.54) is 56.4 Å². The summed E-state index contributed by atoms with van der Waals surface area (Å²) in [6, 6.07) is 6.77. The molecule has 2 aromatic heterocycles. The number of piperidine rings is 1. The molecule has 9 nitrogen and oxygen atoms in total. The van der Waals surface area contributed by atoms with E-state index in [0.29, 0.717) is 72.4 Å². The maximum Gasteiger partial charge on any atom is 0.319 e. The monoisotopic (exact) mass is 723 g/mol. The summed E-state index contributed by atoms with van der Waals surface area (Å²) in [6.45, 7) is 5.77. The lowest BCUT2D eigenvalue weighted by molar-refractivity contribution is -0.0296. The Labute approximate surface area is 309 Å². The molecule has 3 saturated heterocycles. The second-order valence-corrected chi connectivity index (χ2v) is 16.0. The maximum atomic E-state index is 17.0. The van der Waals surface area contributed by atoms with Crippen LogP contribution < -0.4 is 9.64 Å². The van der Waals surface area contributed by atoms with Crippen LogP contribution in [0.15, 0.2) is 30.5 Å². The number of phenols is 1. The van der Waals surface area contributed by atoms with Gasteiger partial charge in [0.05, 0.1) is 24.2 Å². The van der Waals surface area contributed by atoms with Crippen LogP contribution in [0.25, 0.3) is 32.9 Å². The highest BCUT2D eigenvalue weighted by Crippen LogP contribution is 2.53. The van der Waals surface area contributed by atoms with Gasteiger partial charge < -0.3 is 24.2 Å². The van der Waals surface area contributed by atoms with Gasteiger partial charge in [-0.15, -0.1) is 6.42 Å². The van der Waals surface area contributed by atoms with Crippen LogP contribution in [0, 0.1) is 34.8 Å². The maximum absolute atomic E-state index is 17.0. The molecular formula is C42H47F2N5O4. The van der Waals surface area contributed by atoms with E-state index in [4.69, 9.17) is 30.6 Å². The van der Waals surface area contributed by atoms with Gasteiger partial charge in [-0.2, -0.15) is 9.97 Å². The molecule has 53 heavy (non-hydrogen) atoms. The summed E-state index contributed by atoms with van der Waals surface area (Å²) in [6.07, 6.45) is 19.9. The van der Waals surface area contributed by atoms with Gasteiger partial charge in [0.25, 0.3) is 0 Å². The number of hydrogen-bond acceptors (Lipinski definition) is 9. The highest BCUT2D eigenvalue weighted by atomic mass is 19.1. The van der Waals surface area contributed by atoms with Crippen molar-refractivity contribution in [3.63, 3.8) is 0 Å². The van der Waals surface area contributed by atoms with E-state index in [0.717, 1.165) is 58.3 Å². The van der Waals surface area contributed by atoms with Crippen LogP contribution in [0.3, 0.4) is 0 Å². The van der Waals surface area contributed by atoms with Crippen molar-refractivity contribution >= 4 is 27.5 Å². The standard InChI is InChI=1S/C42H47F2N5O4/c1-2-30-33(43)8-7-27-22-29(50)23-31(35(27)30)37-36(44)38-32(25-45-37)39(48-15-5-18-51-21-17-48)47-40(46-38)53-26-42-10-3-6-34(42)49(16-4-11-42)28-9-12-41(24-28)13-19-52-20-14-41/h1,7-8,22-23,25,28,34,50H,3-6,9-21,24,26H2/t28?,34?,42-/m1/s1. The Morgan fingerprint density at radius 3 is 2.66 bits per heavy atom. The number of benzene rings is 2. The molecule has 4 aromatic rings. The summed E-state index contributed by atoms with van der Waals surface area (Å²) in [5, 5.41) is 11.9. The van der Waals surface area contributed by atoms with Crippen molar-refractivity contribution in [2.75, 3.05) is 57.6 Å². The van der Waals surface area contributed by atoms with Crippen LogP contribution in [0.2, 0.25) is 0 Å².